The maximum atomic E-state index is 12.0. The predicted octanol–water partition coefficient (Wildman–Crippen LogP) is 4.24. The van der Waals surface area contributed by atoms with Crippen LogP contribution in [0.25, 0.3) is 0 Å². The zero-order valence-corrected chi connectivity index (χ0v) is 13.6. The van der Waals surface area contributed by atoms with E-state index in [2.05, 4.69) is 36.5 Å². The van der Waals surface area contributed by atoms with Gasteiger partial charge in [-0.15, -0.1) is 0 Å². The summed E-state index contributed by atoms with van der Waals surface area (Å²) in [5.74, 6) is 0.249. The third kappa shape index (κ3) is 4.14. The van der Waals surface area contributed by atoms with Crippen LogP contribution in [0.3, 0.4) is 0 Å². The Morgan fingerprint density at radius 2 is 1.74 bits per heavy atom. The SMILES string of the molecule is O=C(Nc1ccc(Nc2ccc(Br)cc2)cn1)c1cccnc1. The Labute approximate surface area is 141 Å². The van der Waals surface area contributed by atoms with Gasteiger partial charge in [-0.1, -0.05) is 15.9 Å². The van der Waals surface area contributed by atoms with Gasteiger partial charge in [0.05, 0.1) is 17.4 Å². The number of anilines is 3. The van der Waals surface area contributed by atoms with Crippen LogP contribution in [0.4, 0.5) is 17.2 Å². The molecule has 0 atom stereocenters. The maximum Gasteiger partial charge on any atom is 0.258 e. The van der Waals surface area contributed by atoms with Crippen molar-refractivity contribution in [3.8, 4) is 0 Å². The summed E-state index contributed by atoms with van der Waals surface area (Å²) in [4.78, 5) is 20.2. The zero-order valence-electron chi connectivity index (χ0n) is 12.0. The van der Waals surface area contributed by atoms with Gasteiger partial charge in [-0.25, -0.2) is 4.98 Å². The van der Waals surface area contributed by atoms with Gasteiger partial charge in [0.25, 0.3) is 5.91 Å². The molecule has 23 heavy (non-hydrogen) atoms. The van der Waals surface area contributed by atoms with Gasteiger partial charge in [-0.3, -0.25) is 9.78 Å². The van der Waals surface area contributed by atoms with Crippen molar-refractivity contribution < 1.29 is 4.79 Å². The summed E-state index contributed by atoms with van der Waals surface area (Å²) in [5.41, 5.74) is 2.29. The average molecular weight is 369 g/mol. The second kappa shape index (κ2) is 7.02. The summed E-state index contributed by atoms with van der Waals surface area (Å²) >= 11 is 3.40. The molecule has 1 amide bonds. The lowest BCUT2D eigenvalue weighted by molar-refractivity contribution is 0.102. The van der Waals surface area contributed by atoms with E-state index in [1.54, 1.807) is 30.6 Å². The second-order valence-corrected chi connectivity index (χ2v) is 5.68. The van der Waals surface area contributed by atoms with Crippen LogP contribution < -0.4 is 10.6 Å². The highest BCUT2D eigenvalue weighted by molar-refractivity contribution is 9.10. The van der Waals surface area contributed by atoms with Crippen molar-refractivity contribution in [1.82, 2.24) is 9.97 Å². The van der Waals surface area contributed by atoms with Crippen LogP contribution in [0, 0.1) is 0 Å². The van der Waals surface area contributed by atoms with E-state index < -0.39 is 0 Å². The Morgan fingerprint density at radius 3 is 2.39 bits per heavy atom. The average Bonchev–Trinajstić information content (AvgIpc) is 2.59. The molecule has 0 unspecified atom stereocenters. The summed E-state index contributed by atoms with van der Waals surface area (Å²) in [6, 6.07) is 14.9. The molecule has 0 fully saturated rings. The monoisotopic (exact) mass is 368 g/mol. The van der Waals surface area contributed by atoms with E-state index >= 15 is 0 Å². The third-order valence-corrected chi connectivity index (χ3v) is 3.59. The highest BCUT2D eigenvalue weighted by Crippen LogP contribution is 2.19. The fourth-order valence-electron chi connectivity index (χ4n) is 1.93. The first-order chi connectivity index (χ1) is 11.2. The number of nitrogens with one attached hydrogen (secondary N) is 2. The number of amides is 1. The van der Waals surface area contributed by atoms with Crippen molar-refractivity contribution in [2.45, 2.75) is 0 Å². The van der Waals surface area contributed by atoms with Crippen LogP contribution in [-0.4, -0.2) is 15.9 Å². The van der Waals surface area contributed by atoms with Crippen molar-refractivity contribution in [3.63, 3.8) is 0 Å². The molecule has 0 aliphatic rings. The molecule has 0 aliphatic carbocycles. The lowest BCUT2D eigenvalue weighted by Gasteiger charge is -2.08. The molecule has 0 saturated heterocycles. The Bertz CT molecular complexity index is 789. The van der Waals surface area contributed by atoms with E-state index in [1.807, 2.05) is 30.3 Å². The van der Waals surface area contributed by atoms with Crippen molar-refractivity contribution in [1.29, 1.82) is 0 Å². The smallest absolute Gasteiger partial charge is 0.258 e. The quantitative estimate of drug-likeness (QED) is 0.722. The Morgan fingerprint density at radius 1 is 0.957 bits per heavy atom. The topological polar surface area (TPSA) is 66.9 Å². The van der Waals surface area contributed by atoms with Crippen LogP contribution in [-0.2, 0) is 0 Å². The number of pyridine rings is 2. The number of rotatable bonds is 4. The molecule has 3 aromatic rings. The Balaban J connectivity index is 1.65. The van der Waals surface area contributed by atoms with Gasteiger partial charge in [0.2, 0.25) is 0 Å². The molecule has 0 aliphatic heterocycles. The minimum absolute atomic E-state index is 0.237. The number of carbonyl (C=O) groups excluding carboxylic acids is 1. The van der Waals surface area contributed by atoms with E-state index in [-0.39, 0.29) is 5.91 Å². The van der Waals surface area contributed by atoms with Crippen molar-refractivity contribution in [2.24, 2.45) is 0 Å². The van der Waals surface area contributed by atoms with Gasteiger partial charge in [-0.2, -0.15) is 0 Å². The van der Waals surface area contributed by atoms with E-state index in [9.17, 15) is 4.79 Å². The predicted molar refractivity (Wildman–Crippen MR) is 93.9 cm³/mol. The van der Waals surface area contributed by atoms with Crippen LogP contribution in [0.15, 0.2) is 71.6 Å². The second-order valence-electron chi connectivity index (χ2n) is 4.76. The normalized spacial score (nSPS) is 10.1. The lowest BCUT2D eigenvalue weighted by Crippen LogP contribution is -2.13. The number of carbonyl (C=O) groups is 1. The number of nitrogens with zero attached hydrogens (tertiary/aromatic N) is 2. The van der Waals surface area contributed by atoms with Gasteiger partial charge >= 0.3 is 0 Å². The minimum atomic E-state index is -0.237. The maximum absolute atomic E-state index is 12.0. The summed E-state index contributed by atoms with van der Waals surface area (Å²) in [5, 5.41) is 5.97. The van der Waals surface area contributed by atoms with E-state index in [4.69, 9.17) is 0 Å². The van der Waals surface area contributed by atoms with E-state index in [1.165, 1.54) is 6.20 Å². The van der Waals surface area contributed by atoms with Gasteiger partial charge in [0, 0.05) is 22.6 Å². The largest absolute Gasteiger partial charge is 0.354 e. The first-order valence-corrected chi connectivity index (χ1v) is 7.70. The summed E-state index contributed by atoms with van der Waals surface area (Å²) in [7, 11) is 0. The third-order valence-electron chi connectivity index (χ3n) is 3.06. The zero-order chi connectivity index (χ0) is 16.1. The van der Waals surface area contributed by atoms with Crippen LogP contribution in [0.5, 0.6) is 0 Å². The van der Waals surface area contributed by atoms with Gasteiger partial charge in [0.1, 0.15) is 5.82 Å². The molecule has 114 valence electrons. The molecule has 5 nitrogen and oxygen atoms in total. The number of benzene rings is 1. The van der Waals surface area contributed by atoms with Gasteiger partial charge in [0.15, 0.2) is 0 Å². The summed E-state index contributed by atoms with van der Waals surface area (Å²) < 4.78 is 1.02. The molecular weight excluding hydrogens is 356 g/mol. The molecule has 3 rings (SSSR count). The standard InChI is InChI=1S/C17H13BrN4O/c18-13-3-5-14(6-4-13)21-15-7-8-16(20-11-15)22-17(23)12-2-1-9-19-10-12/h1-11,21H,(H,20,22,23). The lowest BCUT2D eigenvalue weighted by atomic mass is 10.2. The van der Waals surface area contributed by atoms with Crippen LogP contribution in [0.2, 0.25) is 0 Å². The molecule has 0 spiro atoms. The van der Waals surface area contributed by atoms with E-state index in [0.717, 1.165) is 15.8 Å². The number of hydrogen-bond donors (Lipinski definition) is 2. The Hall–Kier alpha value is -2.73. The van der Waals surface area contributed by atoms with Crippen molar-refractivity contribution in [2.75, 3.05) is 10.6 Å². The Kier molecular flexibility index (Phi) is 4.63. The number of halogens is 1. The van der Waals surface area contributed by atoms with Crippen LogP contribution >= 0.6 is 15.9 Å². The molecule has 2 heterocycles. The molecule has 2 aromatic heterocycles. The molecular formula is C17H13BrN4O. The molecule has 0 radical (unpaired) electrons. The highest BCUT2D eigenvalue weighted by Gasteiger charge is 2.06. The molecule has 0 saturated carbocycles. The van der Waals surface area contributed by atoms with Gasteiger partial charge < -0.3 is 10.6 Å². The highest BCUT2D eigenvalue weighted by atomic mass is 79.9. The van der Waals surface area contributed by atoms with Crippen molar-refractivity contribution in [3.05, 3.63) is 77.2 Å². The van der Waals surface area contributed by atoms with E-state index in [0.29, 0.717) is 11.4 Å². The number of hydrogen-bond acceptors (Lipinski definition) is 4. The fraction of sp³-hybridized carbons (Fsp3) is 0. The molecule has 6 heteroatoms. The first-order valence-electron chi connectivity index (χ1n) is 6.91. The first kappa shape index (κ1) is 15.2. The molecule has 0 bridgehead atoms. The van der Waals surface area contributed by atoms with Crippen molar-refractivity contribution >= 4 is 39.0 Å². The molecule has 1 aromatic carbocycles. The minimum Gasteiger partial charge on any atom is -0.354 e. The summed E-state index contributed by atoms with van der Waals surface area (Å²) in [6.45, 7) is 0. The number of aromatic nitrogens is 2. The van der Waals surface area contributed by atoms with Crippen LogP contribution in [0.1, 0.15) is 10.4 Å². The fourth-order valence-corrected chi connectivity index (χ4v) is 2.19. The van der Waals surface area contributed by atoms with Gasteiger partial charge in [-0.05, 0) is 48.5 Å². The summed E-state index contributed by atoms with van der Waals surface area (Å²) in [6.07, 6.45) is 4.80. The molecule has 2 N–H and O–H groups in total.